The third-order valence-corrected chi connectivity index (χ3v) is 3.27. The van der Waals surface area contributed by atoms with E-state index in [1.807, 2.05) is 7.05 Å². The maximum atomic E-state index is 6.02. The lowest BCUT2D eigenvalue weighted by Crippen LogP contribution is -2.58. The van der Waals surface area contributed by atoms with Crippen LogP contribution in [0.1, 0.15) is 26.3 Å². The molecule has 5 N–H and O–H groups in total. The van der Waals surface area contributed by atoms with E-state index < -0.39 is 0 Å². The zero-order chi connectivity index (χ0) is 13.5. The summed E-state index contributed by atoms with van der Waals surface area (Å²) in [5.74, 6) is 1.60. The van der Waals surface area contributed by atoms with Crippen LogP contribution < -0.4 is 21.7 Å². The first-order valence-electron chi connectivity index (χ1n) is 6.18. The minimum Gasteiger partial charge on any atom is -0.383 e. The lowest BCUT2D eigenvalue weighted by Gasteiger charge is -2.42. The zero-order valence-electron chi connectivity index (χ0n) is 11.5. The van der Waals surface area contributed by atoms with Gasteiger partial charge in [-0.15, -0.1) is 0 Å². The zero-order valence-corrected chi connectivity index (χ0v) is 11.5. The smallest absolute Gasteiger partial charge is 0.223 e. The monoisotopic (exact) mass is 250 g/mol. The molecule has 1 fully saturated rings. The van der Waals surface area contributed by atoms with Crippen molar-refractivity contribution in [2.75, 3.05) is 36.5 Å². The molecule has 0 aliphatic carbocycles. The van der Waals surface area contributed by atoms with E-state index in [0.717, 1.165) is 24.5 Å². The van der Waals surface area contributed by atoms with Crippen molar-refractivity contribution in [3.05, 3.63) is 5.56 Å². The van der Waals surface area contributed by atoms with Crippen LogP contribution in [0.3, 0.4) is 0 Å². The van der Waals surface area contributed by atoms with Gasteiger partial charge in [-0.25, -0.2) is 0 Å². The van der Waals surface area contributed by atoms with Crippen LogP contribution in [0.5, 0.6) is 0 Å². The molecular weight excluding hydrogens is 228 g/mol. The van der Waals surface area contributed by atoms with Crippen LogP contribution in [0.15, 0.2) is 0 Å². The third kappa shape index (κ3) is 2.20. The van der Waals surface area contributed by atoms with Gasteiger partial charge in [-0.3, -0.25) is 0 Å². The first kappa shape index (κ1) is 12.9. The standard InChI is InChI=1S/C12H22N6/c1-12(2,3)8-9(13)16-11(14)17-10(8)18-5-7(6-18)15-4/h7,15H,5-6H2,1-4H3,(H4,13,14,16,17). The Kier molecular flexibility index (Phi) is 3.06. The van der Waals surface area contributed by atoms with Crippen LogP contribution in [0.25, 0.3) is 0 Å². The molecule has 1 saturated heterocycles. The van der Waals surface area contributed by atoms with Crippen LogP contribution in [0, 0.1) is 0 Å². The summed E-state index contributed by atoms with van der Waals surface area (Å²) >= 11 is 0. The minimum absolute atomic E-state index is 0.0994. The second-order valence-corrected chi connectivity index (χ2v) is 5.81. The highest BCUT2D eigenvalue weighted by Crippen LogP contribution is 2.36. The predicted molar refractivity (Wildman–Crippen MR) is 74.6 cm³/mol. The van der Waals surface area contributed by atoms with Gasteiger partial charge in [-0.2, -0.15) is 9.97 Å². The summed E-state index contributed by atoms with van der Waals surface area (Å²) in [4.78, 5) is 10.6. The first-order valence-corrected chi connectivity index (χ1v) is 6.18. The number of nitrogen functional groups attached to an aromatic ring is 2. The van der Waals surface area contributed by atoms with Crippen LogP contribution >= 0.6 is 0 Å². The molecule has 100 valence electrons. The minimum atomic E-state index is -0.0994. The molecule has 0 spiro atoms. The largest absolute Gasteiger partial charge is 0.383 e. The molecular formula is C12H22N6. The predicted octanol–water partition coefficient (Wildman–Crippen LogP) is 0.346. The molecule has 0 saturated carbocycles. The number of nitrogens with zero attached hydrogens (tertiary/aromatic N) is 3. The number of nitrogens with two attached hydrogens (primary N) is 2. The Morgan fingerprint density at radius 1 is 1.22 bits per heavy atom. The summed E-state index contributed by atoms with van der Waals surface area (Å²) in [7, 11) is 1.97. The van der Waals surface area contributed by atoms with Gasteiger partial charge < -0.3 is 21.7 Å². The molecule has 0 atom stereocenters. The Labute approximate surface area is 108 Å². The first-order chi connectivity index (χ1) is 8.32. The lowest BCUT2D eigenvalue weighted by molar-refractivity contribution is 0.442. The highest BCUT2D eigenvalue weighted by atomic mass is 15.3. The molecule has 0 aromatic carbocycles. The molecule has 0 radical (unpaired) electrons. The van der Waals surface area contributed by atoms with Crippen molar-refractivity contribution < 1.29 is 0 Å². The van der Waals surface area contributed by atoms with E-state index in [2.05, 4.69) is 41.0 Å². The van der Waals surface area contributed by atoms with Crippen molar-refractivity contribution in [2.24, 2.45) is 0 Å². The Hall–Kier alpha value is -1.56. The van der Waals surface area contributed by atoms with E-state index in [1.165, 1.54) is 0 Å². The van der Waals surface area contributed by atoms with E-state index in [4.69, 9.17) is 11.5 Å². The number of nitrogens with one attached hydrogen (secondary N) is 1. The molecule has 1 aromatic rings. The second-order valence-electron chi connectivity index (χ2n) is 5.81. The Morgan fingerprint density at radius 3 is 2.33 bits per heavy atom. The Bertz CT molecular complexity index is 445. The van der Waals surface area contributed by atoms with Gasteiger partial charge in [0.25, 0.3) is 0 Å². The van der Waals surface area contributed by atoms with E-state index in [1.54, 1.807) is 0 Å². The summed E-state index contributed by atoms with van der Waals surface area (Å²) in [5, 5.41) is 3.24. The van der Waals surface area contributed by atoms with Crippen molar-refractivity contribution in [3.63, 3.8) is 0 Å². The number of anilines is 3. The van der Waals surface area contributed by atoms with E-state index in [-0.39, 0.29) is 11.4 Å². The van der Waals surface area contributed by atoms with Crippen LogP contribution in [0.4, 0.5) is 17.6 Å². The number of aromatic nitrogens is 2. The van der Waals surface area contributed by atoms with E-state index in [0.29, 0.717) is 11.9 Å². The number of rotatable bonds is 2. The normalized spacial score (nSPS) is 16.8. The maximum absolute atomic E-state index is 6.02. The third-order valence-electron chi connectivity index (χ3n) is 3.27. The van der Waals surface area contributed by atoms with Gasteiger partial charge in [0.2, 0.25) is 5.95 Å². The summed E-state index contributed by atoms with van der Waals surface area (Å²) in [6.07, 6.45) is 0. The quantitative estimate of drug-likeness (QED) is 0.701. The highest BCUT2D eigenvalue weighted by molar-refractivity contribution is 5.63. The fourth-order valence-electron chi connectivity index (χ4n) is 2.27. The summed E-state index contributed by atoms with van der Waals surface area (Å²) in [6, 6.07) is 0.509. The van der Waals surface area contributed by atoms with Crippen molar-refractivity contribution in [2.45, 2.75) is 32.2 Å². The van der Waals surface area contributed by atoms with E-state index in [9.17, 15) is 0 Å². The van der Waals surface area contributed by atoms with Gasteiger partial charge in [0, 0.05) is 24.7 Å². The molecule has 1 aromatic heterocycles. The average Bonchev–Trinajstić information content (AvgIpc) is 2.12. The van der Waals surface area contributed by atoms with Gasteiger partial charge in [0.05, 0.1) is 0 Å². The highest BCUT2D eigenvalue weighted by Gasteiger charge is 2.33. The fourth-order valence-corrected chi connectivity index (χ4v) is 2.27. The summed E-state index contributed by atoms with van der Waals surface area (Å²) in [5.41, 5.74) is 12.6. The molecule has 1 aliphatic rings. The molecule has 2 heterocycles. The topological polar surface area (TPSA) is 93.1 Å². The molecule has 1 aliphatic heterocycles. The molecule has 0 bridgehead atoms. The number of likely N-dealkylation sites (N-methyl/N-ethyl adjacent to an activating group) is 1. The SMILES string of the molecule is CNC1CN(c2nc(N)nc(N)c2C(C)(C)C)C1. The number of hydrogen-bond acceptors (Lipinski definition) is 6. The van der Waals surface area contributed by atoms with Crippen molar-refractivity contribution in [1.29, 1.82) is 0 Å². The average molecular weight is 250 g/mol. The second kappa shape index (κ2) is 4.28. The van der Waals surface area contributed by atoms with Crippen molar-refractivity contribution >= 4 is 17.6 Å². The summed E-state index contributed by atoms with van der Waals surface area (Å²) in [6.45, 7) is 8.18. The number of hydrogen-bond donors (Lipinski definition) is 3. The van der Waals surface area contributed by atoms with Gasteiger partial charge in [-0.1, -0.05) is 20.8 Å². The van der Waals surface area contributed by atoms with Gasteiger partial charge in [-0.05, 0) is 12.5 Å². The van der Waals surface area contributed by atoms with Gasteiger partial charge in [0.1, 0.15) is 11.6 Å². The van der Waals surface area contributed by atoms with E-state index >= 15 is 0 Å². The Balaban J connectivity index is 2.40. The molecule has 18 heavy (non-hydrogen) atoms. The molecule has 6 nitrogen and oxygen atoms in total. The van der Waals surface area contributed by atoms with Gasteiger partial charge in [0.15, 0.2) is 0 Å². The molecule has 0 amide bonds. The molecule has 6 heteroatoms. The Morgan fingerprint density at radius 2 is 1.83 bits per heavy atom. The van der Waals surface area contributed by atoms with Crippen LogP contribution in [0.2, 0.25) is 0 Å². The summed E-state index contributed by atoms with van der Waals surface area (Å²) < 4.78 is 0. The van der Waals surface area contributed by atoms with Gasteiger partial charge >= 0.3 is 0 Å². The van der Waals surface area contributed by atoms with Crippen LogP contribution in [-0.4, -0.2) is 36.1 Å². The van der Waals surface area contributed by atoms with Crippen molar-refractivity contribution in [3.8, 4) is 0 Å². The molecule has 2 rings (SSSR count). The van der Waals surface area contributed by atoms with Crippen LogP contribution in [-0.2, 0) is 5.41 Å². The lowest BCUT2D eigenvalue weighted by atomic mass is 9.86. The van der Waals surface area contributed by atoms with Crippen molar-refractivity contribution in [1.82, 2.24) is 15.3 Å². The fraction of sp³-hybridized carbons (Fsp3) is 0.667. The molecule has 0 unspecified atom stereocenters. The maximum Gasteiger partial charge on any atom is 0.223 e.